The summed E-state index contributed by atoms with van der Waals surface area (Å²) in [6.07, 6.45) is 0.908. The van der Waals surface area contributed by atoms with Crippen molar-refractivity contribution in [3.8, 4) is 5.75 Å². The lowest BCUT2D eigenvalue weighted by atomic mass is 10.2. The fourth-order valence-electron chi connectivity index (χ4n) is 2.24. The number of esters is 1. The summed E-state index contributed by atoms with van der Waals surface area (Å²) in [6.45, 7) is 2.88. The number of benzene rings is 2. The SMILES string of the molecule is CCc1ccc(OCC(=O)OCC(=O)Nc2ccc([N+](=O)[O-])cc2C)cc1. The molecule has 8 nitrogen and oxygen atoms in total. The van der Waals surface area contributed by atoms with Crippen LogP contribution in [0.25, 0.3) is 0 Å². The number of anilines is 1. The number of nitrogens with one attached hydrogen (secondary N) is 1. The quantitative estimate of drug-likeness (QED) is 0.433. The zero-order valence-electron chi connectivity index (χ0n) is 15.1. The minimum Gasteiger partial charge on any atom is -0.482 e. The second kappa shape index (κ2) is 9.33. The van der Waals surface area contributed by atoms with Crippen LogP contribution in [0.4, 0.5) is 11.4 Å². The summed E-state index contributed by atoms with van der Waals surface area (Å²) in [7, 11) is 0. The van der Waals surface area contributed by atoms with Gasteiger partial charge in [-0.2, -0.15) is 0 Å². The Balaban J connectivity index is 1.77. The molecule has 0 unspecified atom stereocenters. The van der Waals surface area contributed by atoms with Crippen LogP contribution in [0.5, 0.6) is 5.75 Å². The number of nitro groups is 1. The average Bonchev–Trinajstić information content (AvgIpc) is 2.66. The minimum atomic E-state index is -0.676. The monoisotopic (exact) mass is 372 g/mol. The van der Waals surface area contributed by atoms with E-state index < -0.39 is 23.4 Å². The Hall–Kier alpha value is -3.42. The molecule has 0 fully saturated rings. The van der Waals surface area contributed by atoms with Crippen LogP contribution >= 0.6 is 0 Å². The van der Waals surface area contributed by atoms with Gasteiger partial charge in [0.15, 0.2) is 13.2 Å². The van der Waals surface area contributed by atoms with Gasteiger partial charge in [0.1, 0.15) is 5.75 Å². The summed E-state index contributed by atoms with van der Waals surface area (Å²) < 4.78 is 10.2. The molecule has 2 aromatic carbocycles. The van der Waals surface area contributed by atoms with Gasteiger partial charge in [-0.05, 0) is 42.7 Å². The molecule has 0 aliphatic heterocycles. The molecule has 0 bridgehead atoms. The van der Waals surface area contributed by atoms with Gasteiger partial charge in [0.25, 0.3) is 11.6 Å². The molecule has 1 amide bonds. The molecule has 2 rings (SSSR count). The third-order valence-corrected chi connectivity index (χ3v) is 3.75. The van der Waals surface area contributed by atoms with Crippen molar-refractivity contribution in [2.75, 3.05) is 18.5 Å². The van der Waals surface area contributed by atoms with E-state index >= 15 is 0 Å². The first-order valence-corrected chi connectivity index (χ1v) is 8.31. The first kappa shape index (κ1) is 19.9. The number of carbonyl (C=O) groups excluding carboxylic acids is 2. The number of amides is 1. The summed E-state index contributed by atoms with van der Waals surface area (Å²) in [5.41, 5.74) is 2.03. The normalized spacial score (nSPS) is 10.1. The van der Waals surface area contributed by atoms with Crippen LogP contribution in [-0.2, 0) is 20.7 Å². The van der Waals surface area contributed by atoms with E-state index in [9.17, 15) is 19.7 Å². The van der Waals surface area contributed by atoms with E-state index in [0.29, 0.717) is 17.0 Å². The minimum absolute atomic E-state index is 0.0685. The molecule has 0 atom stereocenters. The highest BCUT2D eigenvalue weighted by Crippen LogP contribution is 2.21. The van der Waals surface area contributed by atoms with Crippen LogP contribution in [0.1, 0.15) is 18.1 Å². The van der Waals surface area contributed by atoms with Gasteiger partial charge < -0.3 is 14.8 Å². The molecule has 1 N–H and O–H groups in total. The number of non-ortho nitro benzene ring substituents is 1. The predicted octanol–water partition coefficient (Wildman–Crippen LogP) is 3.03. The van der Waals surface area contributed by atoms with Crippen molar-refractivity contribution in [1.82, 2.24) is 0 Å². The van der Waals surface area contributed by atoms with Crippen LogP contribution in [0.3, 0.4) is 0 Å². The van der Waals surface area contributed by atoms with E-state index in [1.165, 1.54) is 18.2 Å². The molecular formula is C19H20N2O6. The molecule has 0 aliphatic carbocycles. The topological polar surface area (TPSA) is 108 Å². The molecule has 142 valence electrons. The van der Waals surface area contributed by atoms with E-state index in [1.54, 1.807) is 19.1 Å². The lowest BCUT2D eigenvalue weighted by molar-refractivity contribution is -0.384. The number of hydrogen-bond acceptors (Lipinski definition) is 6. The zero-order chi connectivity index (χ0) is 19.8. The van der Waals surface area contributed by atoms with Crippen LogP contribution < -0.4 is 10.1 Å². The number of rotatable bonds is 8. The molecule has 27 heavy (non-hydrogen) atoms. The smallest absolute Gasteiger partial charge is 0.344 e. The summed E-state index contributed by atoms with van der Waals surface area (Å²) >= 11 is 0. The van der Waals surface area contributed by atoms with Gasteiger partial charge >= 0.3 is 5.97 Å². The Morgan fingerprint density at radius 1 is 1.11 bits per heavy atom. The molecular weight excluding hydrogens is 352 g/mol. The average molecular weight is 372 g/mol. The highest BCUT2D eigenvalue weighted by atomic mass is 16.6. The highest BCUT2D eigenvalue weighted by molar-refractivity contribution is 5.93. The van der Waals surface area contributed by atoms with Gasteiger partial charge in [0, 0.05) is 17.8 Å². The lowest BCUT2D eigenvalue weighted by Crippen LogP contribution is -2.24. The third kappa shape index (κ3) is 6.10. The predicted molar refractivity (Wildman–Crippen MR) is 98.7 cm³/mol. The highest BCUT2D eigenvalue weighted by Gasteiger charge is 2.12. The molecule has 0 aliphatic rings. The summed E-state index contributed by atoms with van der Waals surface area (Å²) in [5.74, 6) is -0.687. The van der Waals surface area contributed by atoms with Crippen LogP contribution in [0.15, 0.2) is 42.5 Å². The standard InChI is InChI=1S/C19H20N2O6/c1-3-14-4-7-16(8-5-14)26-12-19(23)27-11-18(22)20-17-9-6-15(21(24)25)10-13(17)2/h4-10H,3,11-12H2,1-2H3,(H,20,22). The Morgan fingerprint density at radius 3 is 2.41 bits per heavy atom. The third-order valence-electron chi connectivity index (χ3n) is 3.75. The van der Waals surface area contributed by atoms with Crippen molar-refractivity contribution < 1.29 is 24.0 Å². The van der Waals surface area contributed by atoms with E-state index in [1.807, 2.05) is 19.1 Å². The number of ether oxygens (including phenoxy) is 2. The van der Waals surface area contributed by atoms with E-state index in [-0.39, 0.29) is 12.3 Å². The largest absolute Gasteiger partial charge is 0.482 e. The summed E-state index contributed by atoms with van der Waals surface area (Å²) in [5, 5.41) is 13.2. The first-order valence-electron chi connectivity index (χ1n) is 8.31. The van der Waals surface area contributed by atoms with E-state index in [0.717, 1.165) is 12.0 Å². The number of nitrogens with zero attached hydrogens (tertiary/aromatic N) is 1. The van der Waals surface area contributed by atoms with Crippen LogP contribution in [0, 0.1) is 17.0 Å². The Bertz CT molecular complexity index is 833. The Labute approximate surface area is 156 Å². The van der Waals surface area contributed by atoms with Gasteiger partial charge in [0.05, 0.1) is 4.92 Å². The van der Waals surface area contributed by atoms with E-state index in [4.69, 9.17) is 9.47 Å². The second-order valence-corrected chi connectivity index (χ2v) is 5.75. The van der Waals surface area contributed by atoms with Crippen molar-refractivity contribution in [3.05, 3.63) is 63.7 Å². The van der Waals surface area contributed by atoms with E-state index in [2.05, 4.69) is 5.32 Å². The van der Waals surface area contributed by atoms with Gasteiger partial charge in [0.2, 0.25) is 0 Å². The van der Waals surface area contributed by atoms with Crippen LogP contribution in [-0.4, -0.2) is 30.0 Å². The number of hydrogen-bond donors (Lipinski definition) is 1. The molecule has 0 saturated carbocycles. The van der Waals surface area contributed by atoms with Gasteiger partial charge in [-0.1, -0.05) is 19.1 Å². The zero-order valence-corrected chi connectivity index (χ0v) is 15.1. The molecule has 0 spiro atoms. The Kier molecular flexibility index (Phi) is 6.87. The summed E-state index contributed by atoms with van der Waals surface area (Å²) in [6, 6.07) is 11.4. The van der Waals surface area contributed by atoms with Crippen molar-refractivity contribution in [2.45, 2.75) is 20.3 Å². The molecule has 2 aromatic rings. The maximum absolute atomic E-state index is 11.9. The molecule has 0 radical (unpaired) electrons. The maximum Gasteiger partial charge on any atom is 0.344 e. The van der Waals surface area contributed by atoms with Crippen molar-refractivity contribution in [1.29, 1.82) is 0 Å². The maximum atomic E-state index is 11.9. The van der Waals surface area contributed by atoms with Crippen molar-refractivity contribution in [3.63, 3.8) is 0 Å². The summed E-state index contributed by atoms with van der Waals surface area (Å²) in [4.78, 5) is 33.7. The second-order valence-electron chi connectivity index (χ2n) is 5.75. The first-order chi connectivity index (χ1) is 12.9. The molecule has 8 heteroatoms. The van der Waals surface area contributed by atoms with Crippen molar-refractivity contribution >= 4 is 23.3 Å². The van der Waals surface area contributed by atoms with Gasteiger partial charge in [-0.15, -0.1) is 0 Å². The molecule has 0 saturated heterocycles. The number of aryl methyl sites for hydroxylation is 2. The molecule has 0 heterocycles. The molecule has 0 aromatic heterocycles. The van der Waals surface area contributed by atoms with Gasteiger partial charge in [-0.3, -0.25) is 14.9 Å². The number of nitro benzene ring substituents is 1. The Morgan fingerprint density at radius 2 is 1.81 bits per heavy atom. The fourth-order valence-corrected chi connectivity index (χ4v) is 2.24. The van der Waals surface area contributed by atoms with Crippen LogP contribution in [0.2, 0.25) is 0 Å². The number of carbonyl (C=O) groups is 2. The lowest BCUT2D eigenvalue weighted by Gasteiger charge is -2.09. The van der Waals surface area contributed by atoms with Crippen molar-refractivity contribution in [2.24, 2.45) is 0 Å². The fraction of sp³-hybridized carbons (Fsp3) is 0.263. The van der Waals surface area contributed by atoms with Gasteiger partial charge in [-0.25, -0.2) is 4.79 Å².